The molecule has 1 fully saturated rings. The second-order valence-corrected chi connectivity index (χ2v) is 8.19. The van der Waals surface area contributed by atoms with E-state index in [4.69, 9.17) is 4.74 Å². The predicted octanol–water partition coefficient (Wildman–Crippen LogP) is 2.32. The minimum Gasteiger partial charge on any atom is -0.372 e. The van der Waals surface area contributed by atoms with Crippen molar-refractivity contribution in [1.82, 2.24) is 14.8 Å². The molecule has 2 aliphatic heterocycles. The van der Waals surface area contributed by atoms with Crippen LogP contribution in [0.2, 0.25) is 0 Å². The molecule has 1 N–H and O–H groups in total. The lowest BCUT2D eigenvalue weighted by molar-refractivity contribution is -0.125. The SMILES string of the molecule is CCOCC(=O)NC[C@H]1[C@H]2C[C@H](CN(CCC=C(C)C)C2)c2cccc(=O)n21. The summed E-state index contributed by atoms with van der Waals surface area (Å²) in [6.07, 6.45) is 4.42. The van der Waals surface area contributed by atoms with Gasteiger partial charge in [-0.3, -0.25) is 9.59 Å². The number of allylic oxidation sites excluding steroid dienone is 1. The predicted molar refractivity (Wildman–Crippen MR) is 111 cm³/mol. The Balaban J connectivity index is 1.77. The highest BCUT2D eigenvalue weighted by Gasteiger charge is 2.40. The Hall–Kier alpha value is -1.92. The fourth-order valence-corrected chi connectivity index (χ4v) is 4.58. The molecular formula is C22H33N3O3. The van der Waals surface area contributed by atoms with Gasteiger partial charge in [-0.1, -0.05) is 17.7 Å². The molecule has 154 valence electrons. The zero-order chi connectivity index (χ0) is 20.1. The zero-order valence-corrected chi connectivity index (χ0v) is 17.3. The highest BCUT2D eigenvalue weighted by molar-refractivity contribution is 5.77. The Bertz CT molecular complexity index is 767. The largest absolute Gasteiger partial charge is 0.372 e. The van der Waals surface area contributed by atoms with E-state index in [-0.39, 0.29) is 24.1 Å². The van der Waals surface area contributed by atoms with Crippen LogP contribution in [-0.2, 0) is 9.53 Å². The molecule has 3 atom stereocenters. The number of rotatable bonds is 8. The first-order valence-corrected chi connectivity index (χ1v) is 10.4. The fourth-order valence-electron chi connectivity index (χ4n) is 4.58. The third-order valence-electron chi connectivity index (χ3n) is 5.82. The van der Waals surface area contributed by atoms with Gasteiger partial charge < -0.3 is 19.5 Å². The highest BCUT2D eigenvalue weighted by atomic mass is 16.5. The van der Waals surface area contributed by atoms with Gasteiger partial charge >= 0.3 is 0 Å². The van der Waals surface area contributed by atoms with Crippen molar-refractivity contribution in [3.63, 3.8) is 0 Å². The van der Waals surface area contributed by atoms with E-state index < -0.39 is 0 Å². The minimum absolute atomic E-state index is 0.00298. The quantitative estimate of drug-likeness (QED) is 0.696. The maximum absolute atomic E-state index is 12.7. The summed E-state index contributed by atoms with van der Waals surface area (Å²) in [5, 5.41) is 2.98. The first-order chi connectivity index (χ1) is 13.5. The van der Waals surface area contributed by atoms with Crippen LogP contribution in [0, 0.1) is 5.92 Å². The van der Waals surface area contributed by atoms with Crippen LogP contribution >= 0.6 is 0 Å². The number of hydrogen-bond acceptors (Lipinski definition) is 4. The van der Waals surface area contributed by atoms with Crippen LogP contribution in [0.4, 0.5) is 0 Å². The van der Waals surface area contributed by atoms with E-state index in [1.807, 2.05) is 17.6 Å². The molecule has 6 heteroatoms. The molecule has 0 spiro atoms. The average molecular weight is 388 g/mol. The fraction of sp³-hybridized carbons (Fsp3) is 0.636. The lowest BCUT2D eigenvalue weighted by atomic mass is 9.78. The number of fused-ring (bicyclic) bond motifs is 4. The van der Waals surface area contributed by atoms with Gasteiger partial charge in [0.15, 0.2) is 0 Å². The van der Waals surface area contributed by atoms with E-state index in [2.05, 4.69) is 36.2 Å². The van der Waals surface area contributed by atoms with Crippen LogP contribution in [0.25, 0.3) is 0 Å². The van der Waals surface area contributed by atoms with Crippen molar-refractivity contribution < 1.29 is 9.53 Å². The lowest BCUT2D eigenvalue weighted by Crippen LogP contribution is -2.52. The molecule has 0 radical (unpaired) electrons. The Labute approximate surface area is 167 Å². The highest BCUT2D eigenvalue weighted by Crippen LogP contribution is 2.40. The number of pyridine rings is 1. The van der Waals surface area contributed by atoms with Gasteiger partial charge in [-0.05, 0) is 45.6 Å². The van der Waals surface area contributed by atoms with E-state index in [0.717, 1.165) is 38.2 Å². The van der Waals surface area contributed by atoms with Gasteiger partial charge in [-0.15, -0.1) is 0 Å². The van der Waals surface area contributed by atoms with Crippen LogP contribution in [0.5, 0.6) is 0 Å². The van der Waals surface area contributed by atoms with Gasteiger partial charge in [-0.2, -0.15) is 0 Å². The molecule has 1 aromatic heterocycles. The topological polar surface area (TPSA) is 63.6 Å². The molecule has 6 nitrogen and oxygen atoms in total. The number of ether oxygens (including phenoxy) is 1. The van der Waals surface area contributed by atoms with Crippen molar-refractivity contribution in [1.29, 1.82) is 0 Å². The van der Waals surface area contributed by atoms with Crippen molar-refractivity contribution in [2.45, 2.75) is 45.6 Å². The van der Waals surface area contributed by atoms with Gasteiger partial charge in [0.05, 0.1) is 6.04 Å². The summed E-state index contributed by atoms with van der Waals surface area (Å²) in [7, 11) is 0. The normalized spacial score (nSPS) is 23.8. The van der Waals surface area contributed by atoms with Crippen molar-refractivity contribution in [2.24, 2.45) is 5.92 Å². The van der Waals surface area contributed by atoms with E-state index in [9.17, 15) is 9.59 Å². The number of likely N-dealkylation sites (tertiary alicyclic amines) is 1. The van der Waals surface area contributed by atoms with E-state index in [0.29, 0.717) is 25.0 Å². The van der Waals surface area contributed by atoms with Gasteiger partial charge in [0, 0.05) is 50.5 Å². The molecule has 0 aromatic carbocycles. The molecule has 2 bridgehead atoms. The summed E-state index contributed by atoms with van der Waals surface area (Å²) in [4.78, 5) is 27.2. The Morgan fingerprint density at radius 1 is 1.32 bits per heavy atom. The Kier molecular flexibility index (Phi) is 7.08. The summed E-state index contributed by atoms with van der Waals surface area (Å²) in [6.45, 7) is 10.2. The number of nitrogens with one attached hydrogen (secondary N) is 1. The van der Waals surface area contributed by atoms with Gasteiger partial charge in [-0.25, -0.2) is 0 Å². The molecule has 0 saturated carbocycles. The van der Waals surface area contributed by atoms with Crippen molar-refractivity contribution in [3.8, 4) is 0 Å². The van der Waals surface area contributed by atoms with Crippen LogP contribution in [0.3, 0.4) is 0 Å². The van der Waals surface area contributed by atoms with Gasteiger partial charge in [0.2, 0.25) is 5.91 Å². The zero-order valence-electron chi connectivity index (χ0n) is 17.3. The van der Waals surface area contributed by atoms with Gasteiger partial charge in [0.25, 0.3) is 5.56 Å². The number of nitrogens with zero attached hydrogens (tertiary/aromatic N) is 2. The van der Waals surface area contributed by atoms with Crippen LogP contribution < -0.4 is 10.9 Å². The number of amides is 1. The molecule has 1 aromatic rings. The summed E-state index contributed by atoms with van der Waals surface area (Å²) in [6, 6.07) is 5.57. The number of hydrogen-bond donors (Lipinski definition) is 1. The second kappa shape index (κ2) is 9.52. The standard InChI is InChI=1S/C22H33N3O3/c1-4-28-15-21(26)23-12-20-18-11-17(19-8-5-9-22(27)25(19)20)13-24(14-18)10-6-7-16(2)3/h5,7-9,17-18,20H,4,6,10-15H2,1-3H3,(H,23,26)/t17-,18+,20+/m1/s1. The molecule has 1 amide bonds. The third-order valence-corrected chi connectivity index (χ3v) is 5.82. The number of carbonyl (C=O) groups excluding carboxylic acids is 1. The lowest BCUT2D eigenvalue weighted by Gasteiger charge is -2.47. The summed E-state index contributed by atoms with van der Waals surface area (Å²) < 4.78 is 7.13. The number of aromatic nitrogens is 1. The van der Waals surface area contributed by atoms with Crippen LogP contribution in [0.15, 0.2) is 34.6 Å². The number of carbonyl (C=O) groups is 1. The van der Waals surface area contributed by atoms with Crippen LogP contribution in [0.1, 0.15) is 51.3 Å². The third kappa shape index (κ3) is 4.92. The Morgan fingerprint density at radius 2 is 2.14 bits per heavy atom. The van der Waals surface area contributed by atoms with Crippen molar-refractivity contribution >= 4 is 5.91 Å². The Morgan fingerprint density at radius 3 is 2.89 bits per heavy atom. The first kappa shape index (κ1) is 20.8. The maximum atomic E-state index is 12.7. The monoisotopic (exact) mass is 387 g/mol. The molecule has 3 heterocycles. The van der Waals surface area contributed by atoms with E-state index >= 15 is 0 Å². The van der Waals surface area contributed by atoms with E-state index in [1.54, 1.807) is 6.07 Å². The molecule has 2 aliphatic rings. The molecule has 0 aliphatic carbocycles. The van der Waals surface area contributed by atoms with E-state index in [1.165, 1.54) is 5.57 Å². The number of piperidine rings is 1. The summed E-state index contributed by atoms with van der Waals surface area (Å²) in [5.41, 5.74) is 2.50. The molecule has 28 heavy (non-hydrogen) atoms. The molecular weight excluding hydrogens is 354 g/mol. The van der Waals surface area contributed by atoms with Crippen LogP contribution in [-0.4, -0.2) is 54.8 Å². The summed E-state index contributed by atoms with van der Waals surface area (Å²) in [5.74, 6) is 0.630. The smallest absolute Gasteiger partial charge is 0.251 e. The minimum atomic E-state index is -0.120. The molecule has 1 saturated heterocycles. The average Bonchev–Trinajstić information content (AvgIpc) is 2.66. The maximum Gasteiger partial charge on any atom is 0.251 e. The van der Waals surface area contributed by atoms with Gasteiger partial charge in [0.1, 0.15) is 6.61 Å². The second-order valence-electron chi connectivity index (χ2n) is 8.19. The van der Waals surface area contributed by atoms with Crippen molar-refractivity contribution in [3.05, 3.63) is 45.9 Å². The summed E-state index contributed by atoms with van der Waals surface area (Å²) >= 11 is 0. The molecule has 0 unspecified atom stereocenters. The molecule has 3 rings (SSSR count). The van der Waals surface area contributed by atoms with Crippen molar-refractivity contribution in [2.75, 3.05) is 39.4 Å². The first-order valence-electron chi connectivity index (χ1n) is 10.4.